The predicted molar refractivity (Wildman–Crippen MR) is 124 cm³/mol. The zero-order valence-electron chi connectivity index (χ0n) is 17.5. The van der Waals surface area contributed by atoms with Gasteiger partial charge in [0.25, 0.3) is 0 Å². The third kappa shape index (κ3) is 3.85. The van der Waals surface area contributed by atoms with E-state index in [0.717, 1.165) is 17.7 Å². The van der Waals surface area contributed by atoms with E-state index in [0.29, 0.717) is 31.2 Å². The molecule has 164 valence electrons. The Hall–Kier alpha value is -3.30. The van der Waals surface area contributed by atoms with Crippen molar-refractivity contribution in [3.63, 3.8) is 0 Å². The minimum atomic E-state index is -3.67. The molecule has 1 aromatic carbocycles. The molecule has 4 heterocycles. The van der Waals surface area contributed by atoms with Gasteiger partial charge in [-0.2, -0.15) is 4.31 Å². The summed E-state index contributed by atoms with van der Waals surface area (Å²) in [5, 5.41) is 6.96. The van der Waals surface area contributed by atoms with Crippen LogP contribution in [0.15, 0.2) is 83.1 Å². The Bertz CT molecular complexity index is 1230. The number of hydrogen-bond donors (Lipinski definition) is 2. The molecule has 3 aromatic rings. The number of nitrogens with zero attached hydrogens (tertiary/aromatic N) is 4. The van der Waals surface area contributed by atoms with E-state index in [1.807, 2.05) is 42.5 Å². The largest absolute Gasteiger partial charge is 0.369 e. The molecule has 5 rings (SSSR count). The van der Waals surface area contributed by atoms with Gasteiger partial charge >= 0.3 is 0 Å². The summed E-state index contributed by atoms with van der Waals surface area (Å²) < 4.78 is 28.2. The number of fused-ring (bicyclic) bond motifs is 1. The second-order valence-electron chi connectivity index (χ2n) is 8.01. The zero-order chi connectivity index (χ0) is 22.0. The second-order valence-corrected chi connectivity index (χ2v) is 9.95. The molecule has 1 spiro atoms. The zero-order valence-corrected chi connectivity index (χ0v) is 18.3. The lowest BCUT2D eigenvalue weighted by Gasteiger charge is -2.46. The standard InChI is InChI=1S/C23H24N6O2S/c30-32(31,19-9-4-12-24-16-19)29-14-6-11-23(17-29)22(26-15-18-7-2-1-3-8-18)27-21-20(28-23)10-5-13-25-21/h1-5,7-10,12-13,16,28H,6,11,14-15,17H2,(H,25,26,27)/t23-/m1/s1. The van der Waals surface area contributed by atoms with Crippen LogP contribution in [0.4, 0.5) is 11.5 Å². The third-order valence-electron chi connectivity index (χ3n) is 5.86. The smallest absolute Gasteiger partial charge is 0.244 e. The first-order valence-electron chi connectivity index (χ1n) is 10.6. The average Bonchev–Trinajstić information content (AvgIpc) is 2.84. The normalized spacial score (nSPS) is 22.2. The summed E-state index contributed by atoms with van der Waals surface area (Å²) in [7, 11) is -3.67. The van der Waals surface area contributed by atoms with E-state index in [9.17, 15) is 8.42 Å². The number of sulfonamides is 1. The molecule has 2 aromatic heterocycles. The fourth-order valence-corrected chi connectivity index (χ4v) is 5.77. The van der Waals surface area contributed by atoms with Gasteiger partial charge in [0, 0.05) is 31.7 Å². The topological polar surface area (TPSA) is 99.6 Å². The molecule has 1 fully saturated rings. The molecule has 0 radical (unpaired) electrons. The highest BCUT2D eigenvalue weighted by atomic mass is 32.2. The summed E-state index contributed by atoms with van der Waals surface area (Å²) in [5.74, 6) is 1.40. The Morgan fingerprint density at radius 1 is 1.06 bits per heavy atom. The van der Waals surface area contributed by atoms with Gasteiger partial charge in [-0.15, -0.1) is 0 Å². The lowest BCUT2D eigenvalue weighted by atomic mass is 9.86. The first-order chi connectivity index (χ1) is 15.6. The number of benzene rings is 1. The Morgan fingerprint density at radius 2 is 1.91 bits per heavy atom. The molecule has 0 saturated carbocycles. The number of aliphatic imine (C=N–C) groups is 1. The van der Waals surface area contributed by atoms with E-state index in [2.05, 4.69) is 20.6 Å². The van der Waals surface area contributed by atoms with E-state index in [1.165, 1.54) is 10.5 Å². The van der Waals surface area contributed by atoms with E-state index in [-0.39, 0.29) is 11.4 Å². The maximum absolute atomic E-state index is 13.3. The molecule has 0 unspecified atom stereocenters. The van der Waals surface area contributed by atoms with Crippen LogP contribution in [0.25, 0.3) is 0 Å². The highest BCUT2D eigenvalue weighted by Gasteiger charge is 2.46. The molecule has 32 heavy (non-hydrogen) atoms. The van der Waals surface area contributed by atoms with Crippen molar-refractivity contribution in [1.29, 1.82) is 0 Å². The molecular weight excluding hydrogens is 424 g/mol. The molecular formula is C23H24N6O2S. The molecule has 0 amide bonds. The Morgan fingerprint density at radius 3 is 2.72 bits per heavy atom. The van der Waals surface area contributed by atoms with Crippen LogP contribution in [-0.4, -0.2) is 47.2 Å². The van der Waals surface area contributed by atoms with Crippen molar-refractivity contribution in [1.82, 2.24) is 14.3 Å². The summed E-state index contributed by atoms with van der Waals surface area (Å²) in [6, 6.07) is 17.0. The van der Waals surface area contributed by atoms with E-state index < -0.39 is 15.6 Å². The number of nitrogens with one attached hydrogen (secondary N) is 2. The van der Waals surface area contributed by atoms with Crippen LogP contribution in [0.1, 0.15) is 18.4 Å². The molecule has 2 aliphatic rings. The first-order valence-corrected chi connectivity index (χ1v) is 12.0. The SMILES string of the molecule is O=S(=O)(c1cccnc1)N1CCC[C@]2(C1)Nc1cccnc1NC2=NCc1ccccc1. The van der Waals surface area contributed by atoms with E-state index in [1.54, 1.807) is 24.5 Å². The number of aromatic nitrogens is 2. The van der Waals surface area contributed by atoms with Crippen LogP contribution in [0.2, 0.25) is 0 Å². The molecule has 0 bridgehead atoms. The Labute approximate surface area is 187 Å². The predicted octanol–water partition coefficient (Wildman–Crippen LogP) is 3.14. The maximum atomic E-state index is 13.3. The number of rotatable bonds is 4. The van der Waals surface area contributed by atoms with Crippen LogP contribution in [0, 0.1) is 0 Å². The minimum absolute atomic E-state index is 0.200. The fourth-order valence-electron chi connectivity index (χ4n) is 4.26. The third-order valence-corrected chi connectivity index (χ3v) is 7.69. The van der Waals surface area contributed by atoms with Gasteiger partial charge in [-0.25, -0.2) is 13.4 Å². The lowest BCUT2D eigenvalue weighted by Crippen LogP contribution is -2.62. The lowest BCUT2D eigenvalue weighted by molar-refractivity contribution is 0.293. The van der Waals surface area contributed by atoms with Gasteiger partial charge in [-0.05, 0) is 42.7 Å². The summed E-state index contributed by atoms with van der Waals surface area (Å²) in [4.78, 5) is 13.5. The summed E-state index contributed by atoms with van der Waals surface area (Å²) in [5.41, 5.74) is 1.25. The van der Waals surface area contributed by atoms with Gasteiger partial charge in [0.15, 0.2) is 5.82 Å². The molecule has 2 aliphatic heterocycles. The van der Waals surface area contributed by atoms with Crippen molar-refractivity contribution in [2.45, 2.75) is 29.8 Å². The Balaban J connectivity index is 1.51. The maximum Gasteiger partial charge on any atom is 0.244 e. The molecule has 8 nitrogen and oxygen atoms in total. The molecule has 9 heteroatoms. The number of anilines is 2. The molecule has 1 saturated heterocycles. The quantitative estimate of drug-likeness (QED) is 0.636. The van der Waals surface area contributed by atoms with Crippen molar-refractivity contribution < 1.29 is 8.42 Å². The van der Waals surface area contributed by atoms with Crippen LogP contribution in [-0.2, 0) is 16.6 Å². The van der Waals surface area contributed by atoms with Gasteiger partial charge in [-0.1, -0.05) is 30.3 Å². The van der Waals surface area contributed by atoms with Gasteiger partial charge in [0.1, 0.15) is 16.3 Å². The van der Waals surface area contributed by atoms with Gasteiger partial charge in [0.05, 0.1) is 12.2 Å². The number of amidine groups is 1. The minimum Gasteiger partial charge on any atom is -0.369 e. The van der Waals surface area contributed by atoms with Crippen molar-refractivity contribution >= 4 is 27.4 Å². The molecule has 1 atom stereocenters. The van der Waals surface area contributed by atoms with Crippen molar-refractivity contribution in [2.75, 3.05) is 23.7 Å². The van der Waals surface area contributed by atoms with Crippen molar-refractivity contribution in [3.8, 4) is 0 Å². The van der Waals surface area contributed by atoms with Crippen LogP contribution in [0.5, 0.6) is 0 Å². The van der Waals surface area contributed by atoms with Crippen LogP contribution in [0.3, 0.4) is 0 Å². The van der Waals surface area contributed by atoms with Crippen molar-refractivity contribution in [2.24, 2.45) is 4.99 Å². The number of pyridine rings is 2. The molecule has 2 N–H and O–H groups in total. The highest BCUT2D eigenvalue weighted by molar-refractivity contribution is 7.89. The van der Waals surface area contributed by atoms with Gasteiger partial charge in [-0.3, -0.25) is 9.98 Å². The highest BCUT2D eigenvalue weighted by Crippen LogP contribution is 2.36. The average molecular weight is 449 g/mol. The van der Waals surface area contributed by atoms with Crippen LogP contribution < -0.4 is 10.6 Å². The number of piperidine rings is 1. The summed E-state index contributed by atoms with van der Waals surface area (Å²) in [6.07, 6.45) is 6.14. The fraction of sp³-hybridized carbons (Fsp3) is 0.261. The monoisotopic (exact) mass is 448 g/mol. The van der Waals surface area contributed by atoms with Gasteiger partial charge < -0.3 is 10.6 Å². The van der Waals surface area contributed by atoms with Crippen LogP contribution >= 0.6 is 0 Å². The number of hydrogen-bond acceptors (Lipinski definition) is 6. The van der Waals surface area contributed by atoms with E-state index >= 15 is 0 Å². The second kappa shape index (κ2) is 8.33. The summed E-state index contributed by atoms with van der Waals surface area (Å²) >= 11 is 0. The van der Waals surface area contributed by atoms with E-state index in [4.69, 9.17) is 4.99 Å². The van der Waals surface area contributed by atoms with Gasteiger partial charge in [0.2, 0.25) is 10.0 Å². The first kappa shape index (κ1) is 20.6. The van der Waals surface area contributed by atoms with Crippen molar-refractivity contribution in [3.05, 3.63) is 78.8 Å². The molecule has 0 aliphatic carbocycles. The Kier molecular flexibility index (Phi) is 5.36. The summed E-state index contributed by atoms with van der Waals surface area (Å²) in [6.45, 7) is 1.20.